The summed E-state index contributed by atoms with van der Waals surface area (Å²) in [6.07, 6.45) is 3.67. The number of carbonyl (C=O) groups excluding carboxylic acids is 1. The zero-order chi connectivity index (χ0) is 23.0. The van der Waals surface area contributed by atoms with E-state index in [2.05, 4.69) is 36.6 Å². The van der Waals surface area contributed by atoms with Crippen molar-refractivity contribution in [2.24, 2.45) is 0 Å². The van der Waals surface area contributed by atoms with Crippen LogP contribution >= 0.6 is 0 Å². The number of nitrogens with one attached hydrogen (secondary N) is 5. The first-order chi connectivity index (χ1) is 16.1. The van der Waals surface area contributed by atoms with Gasteiger partial charge in [-0.3, -0.25) is 9.89 Å². The second-order valence-electron chi connectivity index (χ2n) is 7.65. The molecule has 4 aromatic rings. The van der Waals surface area contributed by atoms with Crippen LogP contribution in [0.15, 0.2) is 67.0 Å². The van der Waals surface area contributed by atoms with Gasteiger partial charge < -0.3 is 21.3 Å². The molecule has 5 N–H and O–H groups in total. The number of anilines is 3. The summed E-state index contributed by atoms with van der Waals surface area (Å²) in [5.41, 5.74) is 5.63. The molecule has 33 heavy (non-hydrogen) atoms. The number of carbonyl (C=O) groups is 1. The molecule has 0 aliphatic rings. The first-order valence-electron chi connectivity index (χ1n) is 10.8. The van der Waals surface area contributed by atoms with Crippen LogP contribution < -0.4 is 21.3 Å². The average Bonchev–Trinajstić information content (AvgIpc) is 3.51. The number of hydrogen-bond acceptors (Lipinski definition) is 6. The van der Waals surface area contributed by atoms with Gasteiger partial charge in [-0.1, -0.05) is 12.1 Å². The number of amides is 1. The molecular weight excluding hydrogens is 416 g/mol. The van der Waals surface area contributed by atoms with E-state index in [1.54, 1.807) is 6.20 Å². The maximum atomic E-state index is 12.1. The Labute approximate surface area is 192 Å². The van der Waals surface area contributed by atoms with Crippen LogP contribution in [0.3, 0.4) is 0 Å². The van der Waals surface area contributed by atoms with Crippen molar-refractivity contribution in [1.29, 1.82) is 0 Å². The minimum atomic E-state index is -0.0678. The number of rotatable bonds is 10. The molecule has 0 atom stereocenters. The van der Waals surface area contributed by atoms with Crippen LogP contribution in [0.5, 0.6) is 0 Å². The highest BCUT2D eigenvalue weighted by molar-refractivity contribution is 5.92. The van der Waals surface area contributed by atoms with Crippen molar-refractivity contribution in [3.05, 3.63) is 72.6 Å². The number of benzene rings is 2. The van der Waals surface area contributed by atoms with Gasteiger partial charge in [0.1, 0.15) is 0 Å². The molecule has 2 aromatic carbocycles. The molecule has 0 unspecified atom stereocenters. The van der Waals surface area contributed by atoms with Crippen molar-refractivity contribution in [3.63, 3.8) is 0 Å². The van der Waals surface area contributed by atoms with E-state index in [-0.39, 0.29) is 12.5 Å². The van der Waals surface area contributed by atoms with Crippen LogP contribution in [0.2, 0.25) is 0 Å². The van der Waals surface area contributed by atoms with Crippen molar-refractivity contribution < 1.29 is 4.79 Å². The Kier molecular flexibility index (Phi) is 7.13. The number of aryl methyl sites for hydroxylation is 1. The summed E-state index contributed by atoms with van der Waals surface area (Å²) in [7, 11) is 1.88. The smallest absolute Gasteiger partial charge is 0.238 e. The molecule has 2 aromatic heterocycles. The van der Waals surface area contributed by atoms with E-state index in [0.29, 0.717) is 0 Å². The number of hydrogen-bond donors (Lipinski definition) is 5. The standard InChI is InChI=1S/C24H28N8O/c1-17-14-19(28-24(33)16-26-12-11-25-2)6-9-21(17)29-23-15-22(30-31-23)18-4-7-20(8-5-18)32-13-3-10-27-32/h3-10,13-15,25-26H,11-12,16H2,1-2H3,(H,28,33)(H2,29,30,31). The molecule has 0 radical (unpaired) electrons. The summed E-state index contributed by atoms with van der Waals surface area (Å²) in [5, 5.41) is 24.1. The second-order valence-corrected chi connectivity index (χ2v) is 7.65. The van der Waals surface area contributed by atoms with Gasteiger partial charge in [-0.05, 0) is 61.5 Å². The molecule has 0 saturated heterocycles. The highest BCUT2D eigenvalue weighted by Gasteiger charge is 2.08. The Morgan fingerprint density at radius 2 is 1.94 bits per heavy atom. The Morgan fingerprint density at radius 1 is 1.09 bits per heavy atom. The van der Waals surface area contributed by atoms with E-state index in [1.807, 2.05) is 79.4 Å². The molecule has 0 aliphatic carbocycles. The molecule has 0 fully saturated rings. The summed E-state index contributed by atoms with van der Waals surface area (Å²) in [5.74, 6) is 0.650. The third kappa shape index (κ3) is 5.85. The lowest BCUT2D eigenvalue weighted by Crippen LogP contribution is -2.32. The third-order valence-electron chi connectivity index (χ3n) is 5.14. The average molecular weight is 445 g/mol. The van der Waals surface area contributed by atoms with Gasteiger partial charge >= 0.3 is 0 Å². The molecule has 0 saturated carbocycles. The quantitative estimate of drug-likeness (QED) is 0.240. The van der Waals surface area contributed by atoms with Crippen LogP contribution in [0.1, 0.15) is 5.56 Å². The second kappa shape index (κ2) is 10.6. The number of nitrogens with zero attached hydrogens (tertiary/aromatic N) is 3. The van der Waals surface area contributed by atoms with E-state index in [1.165, 1.54) is 0 Å². The van der Waals surface area contributed by atoms with Gasteiger partial charge in [-0.15, -0.1) is 0 Å². The van der Waals surface area contributed by atoms with Gasteiger partial charge in [-0.25, -0.2) is 4.68 Å². The predicted octanol–water partition coefficient (Wildman–Crippen LogP) is 3.06. The fourth-order valence-electron chi connectivity index (χ4n) is 3.39. The van der Waals surface area contributed by atoms with Crippen LogP contribution in [-0.4, -0.2) is 52.6 Å². The van der Waals surface area contributed by atoms with Crippen molar-refractivity contribution in [3.8, 4) is 16.9 Å². The number of likely N-dealkylation sites (N-methyl/N-ethyl adjacent to an activating group) is 1. The molecule has 4 rings (SSSR count). The summed E-state index contributed by atoms with van der Waals surface area (Å²) in [4.78, 5) is 12.1. The zero-order valence-corrected chi connectivity index (χ0v) is 18.7. The molecule has 9 nitrogen and oxygen atoms in total. The van der Waals surface area contributed by atoms with Crippen molar-refractivity contribution in [1.82, 2.24) is 30.6 Å². The molecule has 0 aliphatic heterocycles. The first kappa shape index (κ1) is 22.3. The third-order valence-corrected chi connectivity index (χ3v) is 5.14. The molecule has 1 amide bonds. The van der Waals surface area contributed by atoms with Crippen LogP contribution in [0, 0.1) is 6.92 Å². The van der Waals surface area contributed by atoms with Crippen molar-refractivity contribution >= 4 is 23.1 Å². The van der Waals surface area contributed by atoms with E-state index < -0.39 is 0 Å². The Hall–Kier alpha value is -3.95. The normalized spacial score (nSPS) is 10.8. The van der Waals surface area contributed by atoms with E-state index >= 15 is 0 Å². The van der Waals surface area contributed by atoms with Gasteiger partial charge in [0.25, 0.3) is 0 Å². The zero-order valence-electron chi connectivity index (χ0n) is 18.7. The SMILES string of the molecule is CNCCNCC(=O)Nc1ccc(Nc2cc(-c3ccc(-n4cccn4)cc3)[nH]n2)c(C)c1. The number of H-pyrrole nitrogens is 1. The number of aromatic amines is 1. The van der Waals surface area contributed by atoms with E-state index in [0.717, 1.165) is 52.8 Å². The minimum Gasteiger partial charge on any atom is -0.339 e. The monoisotopic (exact) mass is 444 g/mol. The summed E-state index contributed by atoms with van der Waals surface area (Å²) >= 11 is 0. The molecular formula is C24H28N8O. The van der Waals surface area contributed by atoms with Crippen molar-refractivity contribution in [2.45, 2.75) is 6.92 Å². The molecule has 9 heteroatoms. The molecule has 2 heterocycles. The largest absolute Gasteiger partial charge is 0.339 e. The maximum Gasteiger partial charge on any atom is 0.238 e. The van der Waals surface area contributed by atoms with Gasteiger partial charge in [-0.2, -0.15) is 10.2 Å². The molecule has 0 spiro atoms. The highest BCUT2D eigenvalue weighted by atomic mass is 16.1. The van der Waals surface area contributed by atoms with Gasteiger partial charge in [0.2, 0.25) is 5.91 Å². The summed E-state index contributed by atoms with van der Waals surface area (Å²) < 4.78 is 1.82. The Morgan fingerprint density at radius 3 is 2.67 bits per heavy atom. The predicted molar refractivity (Wildman–Crippen MR) is 131 cm³/mol. The minimum absolute atomic E-state index is 0.0678. The fraction of sp³-hybridized carbons (Fsp3) is 0.208. The van der Waals surface area contributed by atoms with Gasteiger partial charge in [0.05, 0.1) is 17.9 Å². The first-order valence-corrected chi connectivity index (χ1v) is 10.8. The molecule has 0 bridgehead atoms. The van der Waals surface area contributed by atoms with Gasteiger partial charge in [0, 0.05) is 42.9 Å². The number of aromatic nitrogens is 4. The van der Waals surface area contributed by atoms with E-state index in [4.69, 9.17) is 0 Å². The van der Waals surface area contributed by atoms with E-state index in [9.17, 15) is 4.79 Å². The Balaban J connectivity index is 1.36. The molecule has 170 valence electrons. The topological polar surface area (TPSA) is 112 Å². The van der Waals surface area contributed by atoms with Crippen molar-refractivity contribution in [2.75, 3.05) is 37.3 Å². The van der Waals surface area contributed by atoms with Crippen LogP contribution in [0.25, 0.3) is 16.9 Å². The maximum absolute atomic E-state index is 12.1. The fourth-order valence-corrected chi connectivity index (χ4v) is 3.39. The lowest BCUT2D eigenvalue weighted by molar-refractivity contribution is -0.115. The lowest BCUT2D eigenvalue weighted by Gasteiger charge is -2.11. The lowest BCUT2D eigenvalue weighted by atomic mass is 10.1. The summed E-state index contributed by atoms with van der Waals surface area (Å²) in [6.45, 7) is 3.83. The van der Waals surface area contributed by atoms with Crippen LogP contribution in [0.4, 0.5) is 17.2 Å². The van der Waals surface area contributed by atoms with Crippen LogP contribution in [-0.2, 0) is 4.79 Å². The summed E-state index contributed by atoms with van der Waals surface area (Å²) in [6, 6.07) is 17.7. The highest BCUT2D eigenvalue weighted by Crippen LogP contribution is 2.26. The van der Waals surface area contributed by atoms with Gasteiger partial charge in [0.15, 0.2) is 5.82 Å². The Bertz CT molecular complexity index is 1180.